The Bertz CT molecular complexity index is 468. The second-order valence-electron chi connectivity index (χ2n) is 5.08. The van der Waals surface area contributed by atoms with E-state index in [2.05, 4.69) is 15.6 Å². The van der Waals surface area contributed by atoms with Crippen molar-refractivity contribution in [2.24, 2.45) is 4.99 Å². The maximum absolute atomic E-state index is 13.5. The maximum Gasteiger partial charge on any atom is 0.191 e. The summed E-state index contributed by atoms with van der Waals surface area (Å²) < 4.78 is 24.2. The highest BCUT2D eigenvalue weighted by molar-refractivity contribution is 5.80. The summed E-state index contributed by atoms with van der Waals surface area (Å²) in [7, 11) is 1.66. The molecule has 0 amide bonds. The Hall–Kier alpha value is -1.82. The van der Waals surface area contributed by atoms with Gasteiger partial charge in [0.05, 0.1) is 13.2 Å². The SMILES string of the molecule is CCNC(=NCC(C)Oc1ccccc1F)NC(C)COC. The number of ether oxygens (including phenoxy) is 2. The van der Waals surface area contributed by atoms with Gasteiger partial charge in [-0.15, -0.1) is 0 Å². The van der Waals surface area contributed by atoms with Gasteiger partial charge in [0.15, 0.2) is 17.5 Å². The summed E-state index contributed by atoms with van der Waals surface area (Å²) in [6.45, 7) is 7.63. The monoisotopic (exact) mass is 311 g/mol. The van der Waals surface area contributed by atoms with Crippen LogP contribution in [0, 0.1) is 5.82 Å². The smallest absolute Gasteiger partial charge is 0.191 e. The highest BCUT2D eigenvalue weighted by Gasteiger charge is 2.09. The van der Waals surface area contributed by atoms with Gasteiger partial charge in [-0.2, -0.15) is 0 Å². The molecule has 0 heterocycles. The summed E-state index contributed by atoms with van der Waals surface area (Å²) in [5, 5.41) is 6.39. The molecular formula is C16H26FN3O2. The number of hydrogen-bond acceptors (Lipinski definition) is 3. The molecule has 0 fully saturated rings. The number of hydrogen-bond donors (Lipinski definition) is 2. The van der Waals surface area contributed by atoms with Crippen molar-refractivity contribution >= 4 is 5.96 Å². The second-order valence-corrected chi connectivity index (χ2v) is 5.08. The van der Waals surface area contributed by atoms with Gasteiger partial charge in [0, 0.05) is 19.7 Å². The Morgan fingerprint density at radius 3 is 2.68 bits per heavy atom. The molecule has 5 nitrogen and oxygen atoms in total. The van der Waals surface area contributed by atoms with Gasteiger partial charge in [-0.1, -0.05) is 12.1 Å². The zero-order chi connectivity index (χ0) is 16.4. The van der Waals surface area contributed by atoms with Crippen LogP contribution in [0.5, 0.6) is 5.75 Å². The van der Waals surface area contributed by atoms with Crippen molar-refractivity contribution in [2.75, 3.05) is 26.8 Å². The first-order valence-corrected chi connectivity index (χ1v) is 7.51. The van der Waals surface area contributed by atoms with Gasteiger partial charge in [-0.25, -0.2) is 9.38 Å². The molecule has 0 spiro atoms. The molecular weight excluding hydrogens is 285 g/mol. The molecule has 0 bridgehead atoms. The largest absolute Gasteiger partial charge is 0.486 e. The molecule has 1 aromatic carbocycles. The number of para-hydroxylation sites is 1. The molecule has 124 valence electrons. The molecule has 2 atom stereocenters. The lowest BCUT2D eigenvalue weighted by Gasteiger charge is -2.18. The van der Waals surface area contributed by atoms with Crippen molar-refractivity contribution in [1.29, 1.82) is 0 Å². The lowest BCUT2D eigenvalue weighted by atomic mass is 10.3. The van der Waals surface area contributed by atoms with Crippen molar-refractivity contribution < 1.29 is 13.9 Å². The normalized spacial score (nSPS) is 14.3. The summed E-state index contributed by atoms with van der Waals surface area (Å²) in [5.41, 5.74) is 0. The number of aliphatic imine (C=N–C) groups is 1. The molecule has 0 saturated carbocycles. The minimum absolute atomic E-state index is 0.144. The fourth-order valence-corrected chi connectivity index (χ4v) is 1.86. The van der Waals surface area contributed by atoms with E-state index < -0.39 is 0 Å². The highest BCUT2D eigenvalue weighted by Crippen LogP contribution is 2.16. The van der Waals surface area contributed by atoms with E-state index in [1.54, 1.807) is 25.3 Å². The van der Waals surface area contributed by atoms with Crippen LogP contribution in [0.25, 0.3) is 0 Å². The first-order chi connectivity index (χ1) is 10.6. The first kappa shape index (κ1) is 18.2. The van der Waals surface area contributed by atoms with E-state index in [4.69, 9.17) is 9.47 Å². The van der Waals surface area contributed by atoms with Gasteiger partial charge >= 0.3 is 0 Å². The van der Waals surface area contributed by atoms with Crippen molar-refractivity contribution in [3.63, 3.8) is 0 Å². The van der Waals surface area contributed by atoms with E-state index in [9.17, 15) is 4.39 Å². The van der Waals surface area contributed by atoms with Crippen molar-refractivity contribution in [3.8, 4) is 5.75 Å². The molecule has 22 heavy (non-hydrogen) atoms. The van der Waals surface area contributed by atoms with Crippen LogP contribution in [0.4, 0.5) is 4.39 Å². The van der Waals surface area contributed by atoms with Crippen molar-refractivity contribution in [3.05, 3.63) is 30.1 Å². The second kappa shape index (κ2) is 10.00. The van der Waals surface area contributed by atoms with Crippen LogP contribution in [-0.4, -0.2) is 44.9 Å². The number of methoxy groups -OCH3 is 1. The Labute approximate surface area is 131 Å². The molecule has 2 unspecified atom stereocenters. The van der Waals surface area contributed by atoms with E-state index in [0.717, 1.165) is 6.54 Å². The van der Waals surface area contributed by atoms with Crippen LogP contribution in [0.2, 0.25) is 0 Å². The van der Waals surface area contributed by atoms with Gasteiger partial charge in [-0.05, 0) is 32.9 Å². The minimum Gasteiger partial charge on any atom is -0.486 e. The van der Waals surface area contributed by atoms with Gasteiger partial charge in [0.1, 0.15) is 6.10 Å². The van der Waals surface area contributed by atoms with E-state index in [1.165, 1.54) is 6.07 Å². The van der Waals surface area contributed by atoms with E-state index in [0.29, 0.717) is 19.1 Å². The van der Waals surface area contributed by atoms with Crippen molar-refractivity contribution in [1.82, 2.24) is 10.6 Å². The Morgan fingerprint density at radius 2 is 2.05 bits per heavy atom. The molecule has 6 heteroatoms. The third kappa shape index (κ3) is 6.76. The quantitative estimate of drug-likeness (QED) is 0.571. The number of nitrogens with zero attached hydrogens (tertiary/aromatic N) is 1. The molecule has 0 aromatic heterocycles. The Kier molecular flexibility index (Phi) is 8.28. The summed E-state index contributed by atoms with van der Waals surface area (Å²) in [6, 6.07) is 6.51. The first-order valence-electron chi connectivity index (χ1n) is 7.51. The predicted octanol–water partition coefficient (Wildman–Crippen LogP) is 2.18. The average molecular weight is 311 g/mol. The van der Waals surface area contributed by atoms with Gasteiger partial charge in [-0.3, -0.25) is 0 Å². The van der Waals surface area contributed by atoms with Crippen molar-refractivity contribution in [2.45, 2.75) is 32.9 Å². The lowest BCUT2D eigenvalue weighted by molar-refractivity contribution is 0.178. The Morgan fingerprint density at radius 1 is 1.32 bits per heavy atom. The topological polar surface area (TPSA) is 54.9 Å². The predicted molar refractivity (Wildman–Crippen MR) is 86.9 cm³/mol. The molecule has 2 N–H and O–H groups in total. The number of benzene rings is 1. The molecule has 1 rings (SSSR count). The standard InChI is InChI=1S/C16H26FN3O2/c1-5-18-16(20-12(2)11-21-4)19-10-13(3)22-15-9-7-6-8-14(15)17/h6-9,12-13H,5,10-11H2,1-4H3,(H2,18,19,20). The lowest BCUT2D eigenvalue weighted by Crippen LogP contribution is -2.44. The van der Waals surface area contributed by atoms with Crippen LogP contribution < -0.4 is 15.4 Å². The van der Waals surface area contributed by atoms with Crippen LogP contribution in [0.15, 0.2) is 29.3 Å². The van der Waals surface area contributed by atoms with Gasteiger partial charge in [0.25, 0.3) is 0 Å². The van der Waals surface area contributed by atoms with Crippen LogP contribution in [-0.2, 0) is 4.74 Å². The maximum atomic E-state index is 13.5. The molecule has 0 aliphatic heterocycles. The molecule has 0 aliphatic rings. The molecule has 0 saturated heterocycles. The number of rotatable bonds is 8. The summed E-state index contributed by atoms with van der Waals surface area (Å²) >= 11 is 0. The van der Waals surface area contributed by atoms with Gasteiger partial charge < -0.3 is 20.1 Å². The molecule has 0 radical (unpaired) electrons. The highest BCUT2D eigenvalue weighted by atomic mass is 19.1. The average Bonchev–Trinajstić information content (AvgIpc) is 2.48. The number of guanidine groups is 1. The van der Waals surface area contributed by atoms with Crippen LogP contribution >= 0.6 is 0 Å². The summed E-state index contributed by atoms with van der Waals surface area (Å²) in [4.78, 5) is 4.45. The van der Waals surface area contributed by atoms with Crippen LogP contribution in [0.1, 0.15) is 20.8 Å². The molecule has 0 aliphatic carbocycles. The third-order valence-corrected chi connectivity index (χ3v) is 2.82. The fraction of sp³-hybridized carbons (Fsp3) is 0.562. The van der Waals surface area contributed by atoms with Gasteiger partial charge in [0.2, 0.25) is 0 Å². The minimum atomic E-state index is -0.364. The molecule has 1 aromatic rings. The zero-order valence-electron chi connectivity index (χ0n) is 13.7. The van der Waals surface area contributed by atoms with Crippen LogP contribution in [0.3, 0.4) is 0 Å². The number of halogens is 1. The number of nitrogens with one attached hydrogen (secondary N) is 2. The van der Waals surface area contributed by atoms with E-state index >= 15 is 0 Å². The summed E-state index contributed by atoms with van der Waals surface area (Å²) in [6.07, 6.45) is -0.231. The third-order valence-electron chi connectivity index (χ3n) is 2.82. The Balaban J connectivity index is 2.55. The summed E-state index contributed by atoms with van der Waals surface area (Å²) in [5.74, 6) is 0.573. The zero-order valence-corrected chi connectivity index (χ0v) is 13.7. The van der Waals surface area contributed by atoms with E-state index in [1.807, 2.05) is 20.8 Å². The van der Waals surface area contributed by atoms with E-state index in [-0.39, 0.29) is 23.7 Å². The fourth-order valence-electron chi connectivity index (χ4n) is 1.86.